The monoisotopic (exact) mass is 226 g/mol. The Balaban J connectivity index is 1.72. The lowest BCUT2D eigenvalue weighted by Gasteiger charge is -2.53. The van der Waals surface area contributed by atoms with Gasteiger partial charge in [0, 0.05) is 13.1 Å². The average molecular weight is 226 g/mol. The molecule has 0 bridgehead atoms. The van der Waals surface area contributed by atoms with Crippen molar-refractivity contribution in [2.24, 2.45) is 5.41 Å². The minimum Gasteiger partial charge on any atom is -0.480 e. The third kappa shape index (κ3) is 2.55. The second kappa shape index (κ2) is 4.72. The van der Waals surface area contributed by atoms with E-state index in [0.29, 0.717) is 5.41 Å². The highest BCUT2D eigenvalue weighted by Crippen LogP contribution is 2.40. The Morgan fingerprint density at radius 2 is 1.88 bits per heavy atom. The van der Waals surface area contributed by atoms with Crippen molar-refractivity contribution in [1.29, 1.82) is 0 Å². The van der Waals surface area contributed by atoms with Crippen molar-refractivity contribution in [3.8, 4) is 0 Å². The Hall–Kier alpha value is -0.610. The molecule has 0 atom stereocenters. The van der Waals surface area contributed by atoms with Crippen LogP contribution >= 0.6 is 0 Å². The van der Waals surface area contributed by atoms with Crippen LogP contribution in [0.3, 0.4) is 0 Å². The molecule has 16 heavy (non-hydrogen) atoms. The number of aliphatic carboxylic acids is 1. The van der Waals surface area contributed by atoms with Crippen molar-refractivity contribution >= 4 is 5.97 Å². The van der Waals surface area contributed by atoms with Crippen LogP contribution in [-0.2, 0) is 4.79 Å². The first-order valence-electron chi connectivity index (χ1n) is 6.30. The summed E-state index contributed by atoms with van der Waals surface area (Å²) in [4.78, 5) is 15.1. The molecule has 0 aliphatic carbocycles. The minimum atomic E-state index is -0.696. The van der Waals surface area contributed by atoms with Gasteiger partial charge in [-0.25, -0.2) is 0 Å². The van der Waals surface area contributed by atoms with Gasteiger partial charge in [0.2, 0.25) is 0 Å². The first kappa shape index (κ1) is 11.9. The number of carbonyl (C=O) groups is 1. The molecule has 2 rings (SSSR count). The zero-order chi connectivity index (χ0) is 11.6. The maximum atomic E-state index is 10.6. The molecule has 0 aromatic carbocycles. The van der Waals surface area contributed by atoms with Gasteiger partial charge >= 0.3 is 5.97 Å². The molecule has 2 saturated heterocycles. The first-order chi connectivity index (χ1) is 7.63. The maximum Gasteiger partial charge on any atom is 0.317 e. The molecule has 4 nitrogen and oxygen atoms in total. The highest BCUT2D eigenvalue weighted by Gasteiger charge is 2.44. The van der Waals surface area contributed by atoms with Crippen LogP contribution in [0.5, 0.6) is 0 Å². The van der Waals surface area contributed by atoms with Crippen LogP contribution in [0.25, 0.3) is 0 Å². The number of hydrogen-bond donors (Lipinski definition) is 1. The summed E-state index contributed by atoms with van der Waals surface area (Å²) in [6, 6.07) is 0. The second-order valence-corrected chi connectivity index (χ2v) is 5.38. The van der Waals surface area contributed by atoms with E-state index in [1.54, 1.807) is 0 Å². The van der Waals surface area contributed by atoms with Gasteiger partial charge in [-0.1, -0.05) is 6.92 Å². The largest absolute Gasteiger partial charge is 0.480 e. The molecule has 2 aliphatic heterocycles. The Morgan fingerprint density at radius 1 is 1.25 bits per heavy atom. The molecule has 92 valence electrons. The number of hydrogen-bond acceptors (Lipinski definition) is 3. The molecule has 2 fully saturated rings. The number of carboxylic acids is 1. The summed E-state index contributed by atoms with van der Waals surface area (Å²) < 4.78 is 0. The molecule has 0 amide bonds. The summed E-state index contributed by atoms with van der Waals surface area (Å²) in [7, 11) is 0. The van der Waals surface area contributed by atoms with Gasteiger partial charge in [0.25, 0.3) is 0 Å². The maximum absolute atomic E-state index is 10.6. The smallest absolute Gasteiger partial charge is 0.317 e. The first-order valence-corrected chi connectivity index (χ1v) is 6.30. The molecular formula is C12H22N2O2. The van der Waals surface area contributed by atoms with Crippen molar-refractivity contribution < 1.29 is 9.90 Å². The summed E-state index contributed by atoms with van der Waals surface area (Å²) in [5.41, 5.74) is 0.458. The number of piperidine rings is 1. The van der Waals surface area contributed by atoms with Gasteiger partial charge in [-0.2, -0.15) is 0 Å². The summed E-state index contributed by atoms with van der Waals surface area (Å²) in [6.45, 7) is 8.07. The highest BCUT2D eigenvalue weighted by molar-refractivity contribution is 5.69. The average Bonchev–Trinajstić information content (AvgIpc) is 2.18. The lowest BCUT2D eigenvalue weighted by Crippen LogP contribution is -2.61. The Morgan fingerprint density at radius 3 is 2.38 bits per heavy atom. The third-order valence-corrected chi connectivity index (χ3v) is 3.93. The molecule has 1 N–H and O–H groups in total. The van der Waals surface area contributed by atoms with Crippen LogP contribution in [0.15, 0.2) is 0 Å². The molecule has 0 aromatic rings. The van der Waals surface area contributed by atoms with Crippen LogP contribution in [0.1, 0.15) is 26.2 Å². The number of carboxylic acid groups (broad SMARTS) is 1. The van der Waals surface area contributed by atoms with Crippen molar-refractivity contribution in [2.75, 3.05) is 39.3 Å². The van der Waals surface area contributed by atoms with E-state index in [9.17, 15) is 4.79 Å². The molecule has 0 radical (unpaired) electrons. The fourth-order valence-electron chi connectivity index (χ4n) is 3.09. The van der Waals surface area contributed by atoms with Gasteiger partial charge in [0.05, 0.1) is 6.54 Å². The van der Waals surface area contributed by atoms with Gasteiger partial charge in [-0.3, -0.25) is 9.69 Å². The van der Waals surface area contributed by atoms with Crippen molar-refractivity contribution in [1.82, 2.24) is 9.80 Å². The zero-order valence-corrected chi connectivity index (χ0v) is 10.1. The van der Waals surface area contributed by atoms with E-state index in [1.807, 2.05) is 0 Å². The fraction of sp³-hybridized carbons (Fsp3) is 0.917. The predicted octanol–water partition coefficient (Wildman–Crippen LogP) is 0.879. The van der Waals surface area contributed by atoms with Crippen molar-refractivity contribution in [3.63, 3.8) is 0 Å². The molecule has 4 heteroatoms. The standard InChI is InChI=1S/C12H22N2O2/c1-2-5-13-6-3-12(4-7-13)9-14(10-12)8-11(15)16/h2-10H2,1H3,(H,15,16). The third-order valence-electron chi connectivity index (χ3n) is 3.93. The lowest BCUT2D eigenvalue weighted by molar-refractivity contribution is -0.143. The number of rotatable bonds is 4. The number of likely N-dealkylation sites (tertiary alicyclic amines) is 2. The lowest BCUT2D eigenvalue weighted by atomic mass is 9.72. The summed E-state index contributed by atoms with van der Waals surface area (Å²) >= 11 is 0. The van der Waals surface area contributed by atoms with Crippen LogP contribution in [0.2, 0.25) is 0 Å². The van der Waals surface area contributed by atoms with Gasteiger partial charge in [0.15, 0.2) is 0 Å². The highest BCUT2D eigenvalue weighted by atomic mass is 16.4. The van der Waals surface area contributed by atoms with Crippen molar-refractivity contribution in [3.05, 3.63) is 0 Å². The topological polar surface area (TPSA) is 43.8 Å². The van der Waals surface area contributed by atoms with Crippen LogP contribution in [0.4, 0.5) is 0 Å². The Kier molecular flexibility index (Phi) is 3.50. The molecule has 0 aromatic heterocycles. The van der Waals surface area contributed by atoms with Crippen LogP contribution in [0, 0.1) is 5.41 Å². The summed E-state index contributed by atoms with van der Waals surface area (Å²) in [6.07, 6.45) is 3.74. The quantitative estimate of drug-likeness (QED) is 0.773. The molecule has 1 spiro atoms. The molecular weight excluding hydrogens is 204 g/mol. The zero-order valence-electron chi connectivity index (χ0n) is 10.1. The van der Waals surface area contributed by atoms with E-state index in [4.69, 9.17) is 5.11 Å². The van der Waals surface area contributed by atoms with Gasteiger partial charge in [0.1, 0.15) is 0 Å². The van der Waals surface area contributed by atoms with E-state index < -0.39 is 5.97 Å². The molecule has 2 heterocycles. The molecule has 0 unspecified atom stereocenters. The number of nitrogens with zero attached hydrogens (tertiary/aromatic N) is 2. The van der Waals surface area contributed by atoms with E-state index in [1.165, 1.54) is 38.9 Å². The summed E-state index contributed by atoms with van der Waals surface area (Å²) in [5, 5.41) is 8.70. The van der Waals surface area contributed by atoms with Crippen LogP contribution in [-0.4, -0.2) is 60.1 Å². The Bertz CT molecular complexity index is 252. The Labute approximate surface area is 97.2 Å². The van der Waals surface area contributed by atoms with E-state index in [-0.39, 0.29) is 6.54 Å². The van der Waals surface area contributed by atoms with E-state index in [2.05, 4.69) is 16.7 Å². The fourth-order valence-corrected chi connectivity index (χ4v) is 3.09. The van der Waals surface area contributed by atoms with Gasteiger partial charge in [-0.15, -0.1) is 0 Å². The summed E-state index contributed by atoms with van der Waals surface area (Å²) in [5.74, 6) is -0.696. The normalized spacial score (nSPS) is 25.6. The SMILES string of the molecule is CCCN1CCC2(CC1)CN(CC(=O)O)C2. The van der Waals surface area contributed by atoms with E-state index in [0.717, 1.165) is 13.1 Å². The molecule has 0 saturated carbocycles. The van der Waals surface area contributed by atoms with E-state index >= 15 is 0 Å². The molecule has 2 aliphatic rings. The van der Waals surface area contributed by atoms with Gasteiger partial charge < -0.3 is 10.0 Å². The second-order valence-electron chi connectivity index (χ2n) is 5.38. The van der Waals surface area contributed by atoms with Gasteiger partial charge in [-0.05, 0) is 44.3 Å². The minimum absolute atomic E-state index is 0.223. The van der Waals surface area contributed by atoms with Crippen LogP contribution < -0.4 is 0 Å². The van der Waals surface area contributed by atoms with Crippen molar-refractivity contribution in [2.45, 2.75) is 26.2 Å². The predicted molar refractivity (Wildman–Crippen MR) is 62.5 cm³/mol.